The molecule has 0 aliphatic carbocycles. The van der Waals surface area contributed by atoms with Crippen molar-refractivity contribution in [1.82, 2.24) is 4.98 Å². The molecule has 0 saturated heterocycles. The molecule has 0 radical (unpaired) electrons. The smallest absolute Gasteiger partial charge is 0.0375 e. The minimum Gasteiger partial charge on any atom is -0.261 e. The molecule has 1 rings (SSSR count). The summed E-state index contributed by atoms with van der Waals surface area (Å²) in [7, 11) is 0. The number of pyridine rings is 1. The van der Waals surface area contributed by atoms with Gasteiger partial charge in [0.15, 0.2) is 0 Å². The highest BCUT2D eigenvalue weighted by Gasteiger charge is 1.94. The van der Waals surface area contributed by atoms with Gasteiger partial charge >= 0.3 is 0 Å². The van der Waals surface area contributed by atoms with Crippen molar-refractivity contribution in [2.75, 3.05) is 0 Å². The first kappa shape index (κ1) is 7.26. The van der Waals surface area contributed by atoms with E-state index in [1.165, 1.54) is 11.1 Å². The number of aryl methyl sites for hydroxylation is 3. The third-order valence-electron chi connectivity index (χ3n) is 1.74. The highest BCUT2D eigenvalue weighted by atomic mass is 14.7. The molecule has 0 aliphatic heterocycles. The largest absolute Gasteiger partial charge is 0.261 e. The van der Waals surface area contributed by atoms with Gasteiger partial charge in [-0.25, -0.2) is 0 Å². The molecule has 0 bridgehead atoms. The monoisotopic (exact) mass is 135 g/mol. The van der Waals surface area contributed by atoms with Crippen LogP contribution in [0.5, 0.6) is 0 Å². The van der Waals surface area contributed by atoms with Crippen molar-refractivity contribution < 1.29 is 0 Å². The summed E-state index contributed by atoms with van der Waals surface area (Å²) in [6, 6.07) is 2.12. The van der Waals surface area contributed by atoms with Crippen molar-refractivity contribution in [2.24, 2.45) is 0 Å². The van der Waals surface area contributed by atoms with Crippen molar-refractivity contribution >= 4 is 0 Å². The maximum atomic E-state index is 4.21. The van der Waals surface area contributed by atoms with Gasteiger partial charge in [0.05, 0.1) is 0 Å². The second-order valence-corrected chi connectivity index (χ2v) is 2.61. The highest BCUT2D eigenvalue weighted by molar-refractivity contribution is 5.24. The van der Waals surface area contributed by atoms with E-state index in [2.05, 4.69) is 24.9 Å². The Labute approximate surface area is 62.1 Å². The second-order valence-electron chi connectivity index (χ2n) is 2.61. The Morgan fingerprint density at radius 2 is 2.10 bits per heavy atom. The van der Waals surface area contributed by atoms with E-state index in [1.807, 2.05) is 13.1 Å². The molecule has 0 spiro atoms. The van der Waals surface area contributed by atoms with E-state index in [-0.39, 0.29) is 0 Å². The zero-order chi connectivity index (χ0) is 7.56. The van der Waals surface area contributed by atoms with Crippen molar-refractivity contribution in [3.05, 3.63) is 29.1 Å². The molecule has 1 heteroatoms. The summed E-state index contributed by atoms with van der Waals surface area (Å²) in [6.45, 7) is 6.30. The lowest BCUT2D eigenvalue weighted by Gasteiger charge is -2.01. The molecule has 0 atom stereocenters. The average Bonchev–Trinajstić information content (AvgIpc) is 1.88. The standard InChI is InChI=1S/C9H13N/c1-4-9-6-10-8(3)5-7(9)2/h5-6H,4H2,1-3H3. The van der Waals surface area contributed by atoms with Crippen molar-refractivity contribution in [1.29, 1.82) is 0 Å². The first-order valence-corrected chi connectivity index (χ1v) is 3.66. The van der Waals surface area contributed by atoms with E-state index in [1.54, 1.807) is 0 Å². The molecule has 54 valence electrons. The molecular weight excluding hydrogens is 122 g/mol. The first-order valence-electron chi connectivity index (χ1n) is 3.66. The molecule has 10 heavy (non-hydrogen) atoms. The maximum Gasteiger partial charge on any atom is 0.0375 e. The predicted octanol–water partition coefficient (Wildman–Crippen LogP) is 2.26. The molecule has 1 aromatic rings. The van der Waals surface area contributed by atoms with Crippen LogP contribution in [0.1, 0.15) is 23.7 Å². The predicted molar refractivity (Wildman–Crippen MR) is 43.1 cm³/mol. The highest BCUT2D eigenvalue weighted by Crippen LogP contribution is 2.07. The molecule has 1 aromatic heterocycles. The van der Waals surface area contributed by atoms with Crippen LogP contribution in [-0.2, 0) is 6.42 Å². The summed E-state index contributed by atoms with van der Waals surface area (Å²) in [5, 5.41) is 0. The SMILES string of the molecule is CCc1cnc(C)cc1C. The second kappa shape index (κ2) is 2.82. The number of rotatable bonds is 1. The molecule has 1 heterocycles. The first-order chi connectivity index (χ1) is 4.74. The van der Waals surface area contributed by atoms with Gasteiger partial charge < -0.3 is 0 Å². The fourth-order valence-corrected chi connectivity index (χ4v) is 1.09. The fraction of sp³-hybridized carbons (Fsp3) is 0.444. The maximum absolute atomic E-state index is 4.21. The van der Waals surface area contributed by atoms with Gasteiger partial charge in [0.2, 0.25) is 0 Å². The average molecular weight is 135 g/mol. The van der Waals surface area contributed by atoms with Gasteiger partial charge in [-0.15, -0.1) is 0 Å². The summed E-state index contributed by atoms with van der Waals surface area (Å²) in [6.07, 6.45) is 3.05. The van der Waals surface area contributed by atoms with Gasteiger partial charge in [-0.3, -0.25) is 4.98 Å². The Kier molecular flexibility index (Phi) is 2.05. The molecule has 0 aromatic carbocycles. The van der Waals surface area contributed by atoms with E-state index >= 15 is 0 Å². The number of nitrogens with zero attached hydrogens (tertiary/aromatic N) is 1. The van der Waals surface area contributed by atoms with Gasteiger partial charge in [0, 0.05) is 11.9 Å². The Hall–Kier alpha value is -0.850. The molecular formula is C9H13N. The van der Waals surface area contributed by atoms with Gasteiger partial charge in [0.1, 0.15) is 0 Å². The summed E-state index contributed by atoms with van der Waals surface area (Å²) in [5.41, 5.74) is 3.82. The Bertz CT molecular complexity index is 228. The van der Waals surface area contributed by atoms with Crippen LogP contribution in [0.25, 0.3) is 0 Å². The normalized spacial score (nSPS) is 9.90. The quantitative estimate of drug-likeness (QED) is 0.575. The van der Waals surface area contributed by atoms with Crippen LogP contribution in [0.2, 0.25) is 0 Å². The molecule has 0 amide bonds. The Balaban J connectivity index is 3.07. The summed E-state index contributed by atoms with van der Waals surface area (Å²) in [5.74, 6) is 0. The van der Waals surface area contributed by atoms with Crippen LogP contribution in [0.15, 0.2) is 12.3 Å². The van der Waals surface area contributed by atoms with Crippen LogP contribution in [0.4, 0.5) is 0 Å². The van der Waals surface area contributed by atoms with Crippen LogP contribution in [0.3, 0.4) is 0 Å². The third-order valence-corrected chi connectivity index (χ3v) is 1.74. The molecule has 0 saturated carbocycles. The molecule has 1 nitrogen and oxygen atoms in total. The van der Waals surface area contributed by atoms with E-state index < -0.39 is 0 Å². The number of hydrogen-bond donors (Lipinski definition) is 0. The minimum absolute atomic E-state index is 1.08. The van der Waals surface area contributed by atoms with Crippen LogP contribution in [-0.4, -0.2) is 4.98 Å². The topological polar surface area (TPSA) is 12.9 Å². The van der Waals surface area contributed by atoms with E-state index in [0.29, 0.717) is 0 Å². The van der Waals surface area contributed by atoms with Crippen LogP contribution >= 0.6 is 0 Å². The van der Waals surface area contributed by atoms with Crippen LogP contribution < -0.4 is 0 Å². The van der Waals surface area contributed by atoms with Crippen molar-refractivity contribution in [3.63, 3.8) is 0 Å². The van der Waals surface area contributed by atoms with Gasteiger partial charge in [-0.2, -0.15) is 0 Å². The van der Waals surface area contributed by atoms with E-state index in [4.69, 9.17) is 0 Å². The lowest BCUT2D eigenvalue weighted by atomic mass is 10.1. The van der Waals surface area contributed by atoms with Gasteiger partial charge in [-0.1, -0.05) is 6.92 Å². The Morgan fingerprint density at radius 3 is 2.60 bits per heavy atom. The van der Waals surface area contributed by atoms with Crippen molar-refractivity contribution in [3.8, 4) is 0 Å². The van der Waals surface area contributed by atoms with Gasteiger partial charge in [0.25, 0.3) is 0 Å². The number of hydrogen-bond acceptors (Lipinski definition) is 1. The molecule has 0 N–H and O–H groups in total. The third kappa shape index (κ3) is 1.35. The lowest BCUT2D eigenvalue weighted by Crippen LogP contribution is -1.89. The van der Waals surface area contributed by atoms with E-state index in [9.17, 15) is 0 Å². The van der Waals surface area contributed by atoms with E-state index in [0.717, 1.165) is 12.1 Å². The Morgan fingerprint density at radius 1 is 1.40 bits per heavy atom. The zero-order valence-electron chi connectivity index (χ0n) is 6.81. The lowest BCUT2D eigenvalue weighted by molar-refractivity contribution is 1.05. The summed E-state index contributed by atoms with van der Waals surface area (Å²) in [4.78, 5) is 4.21. The number of aromatic nitrogens is 1. The summed E-state index contributed by atoms with van der Waals surface area (Å²) < 4.78 is 0. The molecule has 0 fully saturated rings. The minimum atomic E-state index is 1.08. The van der Waals surface area contributed by atoms with Crippen LogP contribution in [0, 0.1) is 13.8 Å². The summed E-state index contributed by atoms with van der Waals surface area (Å²) >= 11 is 0. The molecule has 0 unspecified atom stereocenters. The molecule has 0 aliphatic rings. The zero-order valence-corrected chi connectivity index (χ0v) is 6.81. The van der Waals surface area contributed by atoms with Crippen molar-refractivity contribution in [2.45, 2.75) is 27.2 Å². The van der Waals surface area contributed by atoms with Gasteiger partial charge in [-0.05, 0) is 37.5 Å². The fourth-order valence-electron chi connectivity index (χ4n) is 1.09.